The van der Waals surface area contributed by atoms with Crippen molar-refractivity contribution in [2.45, 2.75) is 25.4 Å². The van der Waals surface area contributed by atoms with E-state index in [1.165, 1.54) is 23.9 Å². The van der Waals surface area contributed by atoms with E-state index in [0.29, 0.717) is 0 Å². The highest BCUT2D eigenvalue weighted by Crippen LogP contribution is 2.34. The van der Waals surface area contributed by atoms with Crippen LogP contribution in [0.4, 0.5) is 0 Å². The topological polar surface area (TPSA) is 129 Å². The Morgan fingerprint density at radius 1 is 1.43 bits per heavy atom. The zero-order valence-electron chi connectivity index (χ0n) is 12.9. The quantitative estimate of drug-likeness (QED) is 0.602. The molecular formula is C12H19N3O7S. The molecule has 1 aliphatic heterocycles. The maximum absolute atomic E-state index is 11.9. The van der Waals surface area contributed by atoms with Crippen molar-refractivity contribution in [3.05, 3.63) is 33.1 Å². The average Bonchev–Trinajstić information content (AvgIpc) is 2.74. The number of ether oxygens (including phenoxy) is 2. The first kappa shape index (κ1) is 17.8. The average molecular weight is 349 g/mol. The van der Waals surface area contributed by atoms with Crippen LogP contribution in [0.5, 0.6) is 0 Å². The van der Waals surface area contributed by atoms with Gasteiger partial charge in [0.25, 0.3) is 5.56 Å². The second-order valence-electron chi connectivity index (χ2n) is 5.31. The van der Waals surface area contributed by atoms with Crippen molar-refractivity contribution in [2.24, 2.45) is 5.92 Å². The molecule has 11 heteroatoms. The van der Waals surface area contributed by atoms with Gasteiger partial charge in [0.1, 0.15) is 6.10 Å². The van der Waals surface area contributed by atoms with Crippen LogP contribution in [-0.4, -0.2) is 50.1 Å². The Hall–Kier alpha value is -1.53. The van der Waals surface area contributed by atoms with Crippen LogP contribution in [0.15, 0.2) is 21.9 Å². The van der Waals surface area contributed by atoms with Crippen LogP contribution < -0.4 is 16.1 Å². The summed E-state index contributed by atoms with van der Waals surface area (Å²) in [7, 11) is -2.01. The molecule has 0 radical (unpaired) electrons. The number of methoxy groups -OCH3 is 1. The van der Waals surface area contributed by atoms with Crippen LogP contribution in [-0.2, 0) is 24.3 Å². The SMILES string of the molecule is CO[C@@H]1[C@H](C)[C@@H](CONS(C)(=O)=O)O[C@H]1n1ccc(=O)[nH]c1=O. The minimum absolute atomic E-state index is 0.0529. The van der Waals surface area contributed by atoms with E-state index in [1.54, 1.807) is 0 Å². The van der Waals surface area contributed by atoms with Gasteiger partial charge in [0.05, 0.1) is 19.0 Å². The number of sulfonamides is 1. The summed E-state index contributed by atoms with van der Waals surface area (Å²) in [5.41, 5.74) is -1.13. The molecule has 0 aromatic carbocycles. The van der Waals surface area contributed by atoms with Gasteiger partial charge < -0.3 is 9.47 Å². The Bertz CT molecular complexity index is 756. The third-order valence-electron chi connectivity index (χ3n) is 3.56. The van der Waals surface area contributed by atoms with Crippen molar-refractivity contribution in [1.29, 1.82) is 0 Å². The van der Waals surface area contributed by atoms with Gasteiger partial charge in [-0.15, -0.1) is 0 Å². The summed E-state index contributed by atoms with van der Waals surface area (Å²) in [5.74, 6) is -0.176. The molecule has 1 aromatic rings. The van der Waals surface area contributed by atoms with E-state index in [9.17, 15) is 18.0 Å². The maximum atomic E-state index is 11.9. The van der Waals surface area contributed by atoms with Gasteiger partial charge in [-0.25, -0.2) is 13.2 Å². The zero-order chi connectivity index (χ0) is 17.2. The Morgan fingerprint density at radius 3 is 2.70 bits per heavy atom. The highest BCUT2D eigenvalue weighted by molar-refractivity contribution is 7.88. The Kier molecular flexibility index (Phi) is 5.37. The largest absolute Gasteiger partial charge is 0.376 e. The van der Waals surface area contributed by atoms with Crippen LogP contribution in [0.25, 0.3) is 0 Å². The summed E-state index contributed by atoms with van der Waals surface area (Å²) >= 11 is 0. The number of hydrogen-bond acceptors (Lipinski definition) is 7. The molecule has 0 unspecified atom stereocenters. The predicted molar refractivity (Wildman–Crippen MR) is 79.1 cm³/mol. The van der Waals surface area contributed by atoms with E-state index in [-0.39, 0.29) is 12.5 Å². The summed E-state index contributed by atoms with van der Waals surface area (Å²) in [5, 5.41) is 0. The molecule has 2 N–H and O–H groups in total. The third kappa shape index (κ3) is 4.26. The van der Waals surface area contributed by atoms with Crippen molar-refractivity contribution in [1.82, 2.24) is 14.4 Å². The Labute approximate surface area is 132 Å². The number of rotatable bonds is 6. The maximum Gasteiger partial charge on any atom is 0.330 e. The molecule has 4 atom stereocenters. The molecule has 1 fully saturated rings. The molecule has 0 amide bonds. The van der Waals surface area contributed by atoms with Gasteiger partial charge in [-0.2, -0.15) is 0 Å². The van der Waals surface area contributed by atoms with Crippen LogP contribution in [0.3, 0.4) is 0 Å². The minimum Gasteiger partial charge on any atom is -0.376 e. The lowest BCUT2D eigenvalue weighted by molar-refractivity contribution is -0.0768. The summed E-state index contributed by atoms with van der Waals surface area (Å²) in [6, 6.07) is 1.21. The lowest BCUT2D eigenvalue weighted by Gasteiger charge is -2.20. The van der Waals surface area contributed by atoms with Gasteiger partial charge in [0.15, 0.2) is 6.23 Å². The number of nitrogens with zero attached hydrogens (tertiary/aromatic N) is 1. The van der Waals surface area contributed by atoms with Crippen molar-refractivity contribution in [3.63, 3.8) is 0 Å². The molecule has 23 heavy (non-hydrogen) atoms. The van der Waals surface area contributed by atoms with E-state index < -0.39 is 39.7 Å². The van der Waals surface area contributed by atoms with Gasteiger partial charge in [0.2, 0.25) is 10.0 Å². The van der Waals surface area contributed by atoms with Crippen molar-refractivity contribution in [2.75, 3.05) is 20.0 Å². The van der Waals surface area contributed by atoms with Crippen LogP contribution in [0, 0.1) is 5.92 Å². The molecule has 1 saturated heterocycles. The van der Waals surface area contributed by atoms with Crippen LogP contribution in [0.2, 0.25) is 0 Å². The summed E-state index contributed by atoms with van der Waals surface area (Å²) in [4.78, 5) is 32.0. The first-order valence-electron chi connectivity index (χ1n) is 6.81. The molecule has 130 valence electrons. The molecular weight excluding hydrogens is 330 g/mol. The number of aromatic nitrogens is 2. The van der Waals surface area contributed by atoms with Gasteiger partial charge >= 0.3 is 5.69 Å². The summed E-state index contributed by atoms with van der Waals surface area (Å²) in [6.07, 6.45) is 0.560. The second kappa shape index (κ2) is 6.93. The van der Waals surface area contributed by atoms with Crippen LogP contribution >= 0.6 is 0 Å². The predicted octanol–water partition coefficient (Wildman–Crippen LogP) is -1.43. The fourth-order valence-corrected chi connectivity index (χ4v) is 2.73. The van der Waals surface area contributed by atoms with Gasteiger partial charge in [0, 0.05) is 25.3 Å². The highest BCUT2D eigenvalue weighted by atomic mass is 32.2. The first-order chi connectivity index (χ1) is 10.7. The van der Waals surface area contributed by atoms with E-state index in [0.717, 1.165) is 6.26 Å². The van der Waals surface area contributed by atoms with Crippen molar-refractivity contribution >= 4 is 10.0 Å². The summed E-state index contributed by atoms with van der Waals surface area (Å²) < 4.78 is 34.3. The molecule has 0 spiro atoms. The molecule has 10 nitrogen and oxygen atoms in total. The lowest BCUT2D eigenvalue weighted by Crippen LogP contribution is -2.36. The van der Waals surface area contributed by atoms with Crippen molar-refractivity contribution < 1.29 is 22.7 Å². The fourth-order valence-electron chi connectivity index (χ4n) is 2.45. The monoisotopic (exact) mass is 349 g/mol. The third-order valence-corrected chi connectivity index (χ3v) is 3.98. The fraction of sp³-hybridized carbons (Fsp3) is 0.667. The van der Waals surface area contributed by atoms with E-state index in [1.807, 2.05) is 11.8 Å². The molecule has 0 saturated carbocycles. The normalized spacial score (nSPS) is 28.1. The summed E-state index contributed by atoms with van der Waals surface area (Å²) in [6.45, 7) is 1.78. The number of hydrogen-bond donors (Lipinski definition) is 2. The highest BCUT2D eigenvalue weighted by Gasteiger charge is 2.43. The van der Waals surface area contributed by atoms with Crippen LogP contribution in [0.1, 0.15) is 13.2 Å². The van der Waals surface area contributed by atoms with Gasteiger partial charge in [-0.05, 0) is 0 Å². The van der Waals surface area contributed by atoms with Gasteiger partial charge in [-0.1, -0.05) is 11.8 Å². The molecule has 1 aliphatic rings. The Morgan fingerprint density at radius 2 is 2.13 bits per heavy atom. The van der Waals surface area contributed by atoms with E-state index >= 15 is 0 Å². The van der Waals surface area contributed by atoms with E-state index in [2.05, 4.69) is 4.98 Å². The number of H-pyrrole nitrogens is 1. The molecule has 2 heterocycles. The molecule has 1 aromatic heterocycles. The minimum atomic E-state index is -3.48. The second-order valence-corrected chi connectivity index (χ2v) is 7.02. The molecule has 0 bridgehead atoms. The Balaban J connectivity index is 2.15. The molecule has 0 aliphatic carbocycles. The van der Waals surface area contributed by atoms with Gasteiger partial charge in [-0.3, -0.25) is 19.2 Å². The number of nitrogens with one attached hydrogen (secondary N) is 2. The smallest absolute Gasteiger partial charge is 0.330 e. The standard InChI is InChI=1S/C12H19N3O7S/c1-7-8(6-21-14-23(3,18)19)22-11(10(7)20-2)15-5-4-9(16)13-12(15)17/h4-5,7-8,10-11,14H,6H2,1-3H3,(H,13,16,17)/t7-,8-,10-,11-/m1/s1. The first-order valence-corrected chi connectivity index (χ1v) is 8.70. The number of aromatic amines is 1. The van der Waals surface area contributed by atoms with E-state index in [4.69, 9.17) is 14.3 Å². The molecule has 2 rings (SSSR count). The zero-order valence-corrected chi connectivity index (χ0v) is 13.7. The van der Waals surface area contributed by atoms with Crippen molar-refractivity contribution in [3.8, 4) is 0 Å². The lowest BCUT2D eigenvalue weighted by atomic mass is 10.0.